The van der Waals surface area contributed by atoms with Crippen molar-refractivity contribution in [2.24, 2.45) is 0 Å². The Hall–Kier alpha value is -2.13. The highest BCUT2D eigenvalue weighted by Crippen LogP contribution is 2.27. The molecule has 1 aliphatic rings. The predicted octanol–water partition coefficient (Wildman–Crippen LogP) is 3.86. The van der Waals surface area contributed by atoms with Crippen LogP contribution >= 0.6 is 11.6 Å². The maximum Gasteiger partial charge on any atom is 0.290 e. The molecular weight excluding hydrogens is 322 g/mol. The van der Waals surface area contributed by atoms with Crippen LogP contribution in [0.25, 0.3) is 0 Å². The molecule has 0 N–H and O–H groups in total. The SMILES string of the molecule is O=C(Cc1ccc(Cl)cc1)C(=O)N1CCC(c2ccccc2)CC1. The summed E-state index contributed by atoms with van der Waals surface area (Å²) in [5.41, 5.74) is 2.13. The van der Waals surface area contributed by atoms with Gasteiger partial charge in [-0.25, -0.2) is 0 Å². The third-order valence-corrected chi connectivity index (χ3v) is 4.82. The lowest BCUT2D eigenvalue weighted by atomic mass is 9.89. The summed E-state index contributed by atoms with van der Waals surface area (Å²) < 4.78 is 0. The van der Waals surface area contributed by atoms with Gasteiger partial charge in [-0.15, -0.1) is 0 Å². The van der Waals surface area contributed by atoms with Crippen LogP contribution in [0.3, 0.4) is 0 Å². The van der Waals surface area contributed by atoms with Crippen LogP contribution in [-0.4, -0.2) is 29.7 Å². The maximum atomic E-state index is 12.4. The number of likely N-dealkylation sites (tertiary alicyclic amines) is 1. The van der Waals surface area contributed by atoms with Crippen LogP contribution in [-0.2, 0) is 16.0 Å². The van der Waals surface area contributed by atoms with Gasteiger partial charge < -0.3 is 4.90 Å². The molecule has 3 rings (SSSR count). The molecule has 1 amide bonds. The number of Topliss-reactive ketones (excluding diaryl/α,β-unsaturated/α-hetero) is 1. The van der Waals surface area contributed by atoms with E-state index < -0.39 is 0 Å². The van der Waals surface area contributed by atoms with E-state index in [1.54, 1.807) is 29.2 Å². The zero-order valence-corrected chi connectivity index (χ0v) is 14.2. The Bertz CT molecular complexity index is 704. The summed E-state index contributed by atoms with van der Waals surface area (Å²) in [6.45, 7) is 1.29. The van der Waals surface area contributed by atoms with Crippen LogP contribution < -0.4 is 0 Å². The molecule has 124 valence electrons. The average molecular weight is 342 g/mol. The fourth-order valence-corrected chi connectivity index (χ4v) is 3.31. The van der Waals surface area contributed by atoms with Crippen LogP contribution in [0.15, 0.2) is 54.6 Å². The molecule has 2 aromatic rings. The predicted molar refractivity (Wildman–Crippen MR) is 95.2 cm³/mol. The minimum absolute atomic E-state index is 0.134. The van der Waals surface area contributed by atoms with Gasteiger partial charge in [0.15, 0.2) is 0 Å². The van der Waals surface area contributed by atoms with E-state index in [4.69, 9.17) is 11.6 Å². The lowest BCUT2D eigenvalue weighted by Crippen LogP contribution is -2.42. The van der Waals surface area contributed by atoms with E-state index >= 15 is 0 Å². The molecule has 24 heavy (non-hydrogen) atoms. The number of nitrogens with zero attached hydrogens (tertiary/aromatic N) is 1. The van der Waals surface area contributed by atoms with E-state index in [2.05, 4.69) is 12.1 Å². The highest BCUT2D eigenvalue weighted by atomic mass is 35.5. The van der Waals surface area contributed by atoms with Gasteiger partial charge in [0.2, 0.25) is 5.78 Å². The van der Waals surface area contributed by atoms with Gasteiger partial charge in [-0.1, -0.05) is 54.1 Å². The lowest BCUT2D eigenvalue weighted by molar-refractivity contribution is -0.145. The van der Waals surface area contributed by atoms with Crippen molar-refractivity contribution in [3.05, 3.63) is 70.7 Å². The smallest absolute Gasteiger partial charge is 0.290 e. The maximum absolute atomic E-state index is 12.4. The molecule has 0 aromatic heterocycles. The molecule has 4 heteroatoms. The number of amides is 1. The Labute approximate surface area is 147 Å². The first-order valence-corrected chi connectivity index (χ1v) is 8.63. The number of carbonyl (C=O) groups excluding carboxylic acids is 2. The Kier molecular flexibility index (Phi) is 5.31. The van der Waals surface area contributed by atoms with Crippen LogP contribution in [0.4, 0.5) is 0 Å². The first-order chi connectivity index (χ1) is 11.6. The summed E-state index contributed by atoms with van der Waals surface area (Å²) in [6, 6.07) is 17.4. The van der Waals surface area contributed by atoms with Gasteiger partial charge in [-0.2, -0.15) is 0 Å². The average Bonchev–Trinajstić information content (AvgIpc) is 2.64. The van der Waals surface area contributed by atoms with Gasteiger partial charge in [0, 0.05) is 24.5 Å². The third kappa shape index (κ3) is 4.04. The lowest BCUT2D eigenvalue weighted by Gasteiger charge is -2.31. The van der Waals surface area contributed by atoms with Crippen molar-refractivity contribution in [3.63, 3.8) is 0 Å². The Morgan fingerprint density at radius 1 is 0.958 bits per heavy atom. The van der Waals surface area contributed by atoms with Crippen molar-refractivity contribution in [1.29, 1.82) is 0 Å². The van der Waals surface area contributed by atoms with Gasteiger partial charge >= 0.3 is 0 Å². The van der Waals surface area contributed by atoms with E-state index in [0.29, 0.717) is 24.0 Å². The van der Waals surface area contributed by atoms with Gasteiger partial charge in [0.1, 0.15) is 0 Å². The van der Waals surface area contributed by atoms with Crippen molar-refractivity contribution < 1.29 is 9.59 Å². The van der Waals surface area contributed by atoms with Crippen molar-refractivity contribution in [2.75, 3.05) is 13.1 Å². The zero-order valence-electron chi connectivity index (χ0n) is 13.5. The second-order valence-corrected chi connectivity index (χ2v) is 6.64. The normalized spacial score (nSPS) is 15.3. The Morgan fingerprint density at radius 2 is 1.58 bits per heavy atom. The number of carbonyl (C=O) groups is 2. The fraction of sp³-hybridized carbons (Fsp3) is 0.300. The van der Waals surface area contributed by atoms with Gasteiger partial charge in [-0.05, 0) is 42.0 Å². The summed E-state index contributed by atoms with van der Waals surface area (Å²) in [5.74, 6) is -0.242. The second kappa shape index (κ2) is 7.63. The number of ketones is 1. The first-order valence-electron chi connectivity index (χ1n) is 8.25. The van der Waals surface area contributed by atoms with E-state index in [0.717, 1.165) is 18.4 Å². The van der Waals surface area contributed by atoms with Crippen LogP contribution in [0, 0.1) is 0 Å². The van der Waals surface area contributed by atoms with E-state index in [-0.39, 0.29) is 18.1 Å². The molecule has 0 atom stereocenters. The van der Waals surface area contributed by atoms with Crippen molar-refractivity contribution in [3.8, 4) is 0 Å². The number of rotatable bonds is 4. The molecule has 1 saturated heterocycles. The van der Waals surface area contributed by atoms with Crippen molar-refractivity contribution in [1.82, 2.24) is 4.90 Å². The topological polar surface area (TPSA) is 37.4 Å². The molecule has 2 aromatic carbocycles. The van der Waals surface area contributed by atoms with Crippen LogP contribution in [0.2, 0.25) is 5.02 Å². The van der Waals surface area contributed by atoms with Gasteiger partial charge in [0.05, 0.1) is 0 Å². The zero-order chi connectivity index (χ0) is 16.9. The van der Waals surface area contributed by atoms with Crippen molar-refractivity contribution >= 4 is 23.3 Å². The van der Waals surface area contributed by atoms with E-state index in [1.807, 2.05) is 18.2 Å². The molecule has 0 saturated carbocycles. The minimum Gasteiger partial charge on any atom is -0.336 e. The highest BCUT2D eigenvalue weighted by molar-refractivity contribution is 6.36. The fourth-order valence-electron chi connectivity index (χ4n) is 3.18. The summed E-state index contributed by atoms with van der Waals surface area (Å²) in [7, 11) is 0. The number of hydrogen-bond donors (Lipinski definition) is 0. The molecule has 1 heterocycles. The largest absolute Gasteiger partial charge is 0.336 e. The van der Waals surface area contributed by atoms with Crippen molar-refractivity contribution in [2.45, 2.75) is 25.2 Å². The molecule has 0 aliphatic carbocycles. The van der Waals surface area contributed by atoms with Gasteiger partial charge in [-0.3, -0.25) is 9.59 Å². The van der Waals surface area contributed by atoms with Gasteiger partial charge in [0.25, 0.3) is 5.91 Å². The molecule has 0 bridgehead atoms. The molecule has 0 radical (unpaired) electrons. The highest BCUT2D eigenvalue weighted by Gasteiger charge is 2.27. The van der Waals surface area contributed by atoms with E-state index in [9.17, 15) is 9.59 Å². The molecule has 1 aliphatic heterocycles. The Morgan fingerprint density at radius 3 is 2.21 bits per heavy atom. The number of hydrogen-bond acceptors (Lipinski definition) is 2. The summed E-state index contributed by atoms with van der Waals surface area (Å²) in [4.78, 5) is 26.3. The van der Waals surface area contributed by atoms with Crippen LogP contribution in [0.5, 0.6) is 0 Å². The van der Waals surface area contributed by atoms with Crippen LogP contribution in [0.1, 0.15) is 29.9 Å². The summed E-state index contributed by atoms with van der Waals surface area (Å²) in [6.07, 6.45) is 1.95. The van der Waals surface area contributed by atoms with E-state index in [1.165, 1.54) is 5.56 Å². The third-order valence-electron chi connectivity index (χ3n) is 4.57. The number of halogens is 1. The molecule has 1 fully saturated rings. The first kappa shape index (κ1) is 16.7. The second-order valence-electron chi connectivity index (χ2n) is 6.20. The Balaban J connectivity index is 1.54. The number of benzene rings is 2. The number of piperidine rings is 1. The molecule has 3 nitrogen and oxygen atoms in total. The molecule has 0 spiro atoms. The molecular formula is C20H20ClNO2. The summed E-state index contributed by atoms with van der Waals surface area (Å²) in [5, 5.41) is 0.625. The molecule has 0 unspecified atom stereocenters. The standard InChI is InChI=1S/C20H20ClNO2/c21-18-8-6-15(7-9-18)14-19(23)20(24)22-12-10-17(11-13-22)16-4-2-1-3-5-16/h1-9,17H,10-14H2. The monoisotopic (exact) mass is 341 g/mol. The quantitative estimate of drug-likeness (QED) is 0.792. The summed E-state index contributed by atoms with van der Waals surface area (Å²) >= 11 is 5.84. The minimum atomic E-state index is -0.364.